The van der Waals surface area contributed by atoms with E-state index in [1.807, 2.05) is 28.8 Å². The van der Waals surface area contributed by atoms with Crippen molar-refractivity contribution in [3.63, 3.8) is 0 Å². The van der Waals surface area contributed by atoms with Crippen LogP contribution < -0.4 is 20.5 Å². The molecular formula is C18H17F2N5O2. The first-order valence-corrected chi connectivity index (χ1v) is 8.35. The molecule has 1 aliphatic heterocycles. The number of imidazole rings is 1. The molecule has 1 aromatic heterocycles. The van der Waals surface area contributed by atoms with Gasteiger partial charge in [-0.15, -0.1) is 0 Å². The number of halogens is 2. The van der Waals surface area contributed by atoms with Crippen molar-refractivity contribution in [2.45, 2.75) is 19.7 Å². The average Bonchev–Trinajstić information content (AvgIpc) is 3.00. The molecule has 2 aromatic carbocycles. The molecule has 9 heteroatoms. The number of para-hydroxylation sites is 2. The molecule has 0 saturated carbocycles. The zero-order chi connectivity index (χ0) is 19.0. The van der Waals surface area contributed by atoms with Crippen molar-refractivity contribution in [1.82, 2.24) is 9.55 Å². The van der Waals surface area contributed by atoms with E-state index in [0.29, 0.717) is 18.1 Å². The number of alkyl halides is 2. The van der Waals surface area contributed by atoms with Gasteiger partial charge in [-0.25, -0.2) is 9.98 Å². The molecule has 0 amide bonds. The summed E-state index contributed by atoms with van der Waals surface area (Å²) in [6.45, 7) is -0.868. The zero-order valence-electron chi connectivity index (χ0n) is 14.4. The first-order chi connectivity index (χ1) is 13.1. The van der Waals surface area contributed by atoms with Gasteiger partial charge < -0.3 is 15.2 Å². The number of anilines is 1. The van der Waals surface area contributed by atoms with Gasteiger partial charge in [0.2, 0.25) is 5.95 Å². The number of rotatable bonds is 5. The number of guanidine groups is 1. The van der Waals surface area contributed by atoms with Crippen LogP contribution in [-0.4, -0.2) is 28.7 Å². The smallest absolute Gasteiger partial charge is 0.387 e. The van der Waals surface area contributed by atoms with Crippen LogP contribution in [0.4, 0.5) is 14.7 Å². The highest BCUT2D eigenvalue weighted by atomic mass is 19.3. The average molecular weight is 373 g/mol. The number of ether oxygens (including phenoxy) is 2. The van der Waals surface area contributed by atoms with E-state index in [4.69, 9.17) is 10.5 Å². The number of nitrogens with zero attached hydrogens (tertiary/aromatic N) is 3. The molecular weight excluding hydrogens is 356 g/mol. The molecule has 3 aromatic rings. The molecule has 27 heavy (non-hydrogen) atoms. The van der Waals surface area contributed by atoms with Crippen molar-refractivity contribution in [3.8, 4) is 11.5 Å². The maximum Gasteiger partial charge on any atom is 0.387 e. The highest BCUT2D eigenvalue weighted by molar-refractivity contribution is 5.94. The molecule has 7 nitrogen and oxygen atoms in total. The van der Waals surface area contributed by atoms with E-state index in [0.717, 1.165) is 11.0 Å². The maximum absolute atomic E-state index is 12.6. The number of nitrogens with two attached hydrogens (primary N) is 1. The SMILES string of the molecule is CCOc1cc(C2N=C(N)Nc3nc4ccccc4n32)ccc1OC(F)F. The predicted octanol–water partition coefficient (Wildman–Crippen LogP) is 3.32. The summed E-state index contributed by atoms with van der Waals surface area (Å²) in [6.07, 6.45) is -0.520. The van der Waals surface area contributed by atoms with Gasteiger partial charge >= 0.3 is 6.61 Å². The van der Waals surface area contributed by atoms with Crippen LogP contribution in [0, 0.1) is 0 Å². The number of benzene rings is 2. The van der Waals surface area contributed by atoms with Crippen LogP contribution in [0.1, 0.15) is 18.7 Å². The maximum atomic E-state index is 12.6. The van der Waals surface area contributed by atoms with Crippen LogP contribution in [0.3, 0.4) is 0 Å². The molecule has 1 aliphatic rings. The van der Waals surface area contributed by atoms with Gasteiger partial charge in [-0.05, 0) is 31.2 Å². The minimum absolute atomic E-state index is 0.0304. The normalized spacial score (nSPS) is 16.0. The van der Waals surface area contributed by atoms with E-state index >= 15 is 0 Å². The topological polar surface area (TPSA) is 86.7 Å². The van der Waals surface area contributed by atoms with E-state index in [-0.39, 0.29) is 17.5 Å². The summed E-state index contributed by atoms with van der Waals surface area (Å²) in [5, 5.41) is 2.95. The Morgan fingerprint density at radius 3 is 2.81 bits per heavy atom. The zero-order valence-corrected chi connectivity index (χ0v) is 14.4. The van der Waals surface area contributed by atoms with E-state index in [1.54, 1.807) is 19.1 Å². The lowest BCUT2D eigenvalue weighted by atomic mass is 10.1. The van der Waals surface area contributed by atoms with Crippen molar-refractivity contribution in [2.24, 2.45) is 10.7 Å². The fourth-order valence-corrected chi connectivity index (χ4v) is 3.09. The van der Waals surface area contributed by atoms with Gasteiger partial charge in [0.05, 0.1) is 17.6 Å². The van der Waals surface area contributed by atoms with Crippen molar-refractivity contribution in [2.75, 3.05) is 11.9 Å². The Hall–Kier alpha value is -3.36. The van der Waals surface area contributed by atoms with Crippen LogP contribution in [0.15, 0.2) is 47.5 Å². The van der Waals surface area contributed by atoms with Gasteiger partial charge in [-0.1, -0.05) is 18.2 Å². The summed E-state index contributed by atoms with van der Waals surface area (Å²) in [5.74, 6) is 0.957. The number of hydrogen-bond donors (Lipinski definition) is 2. The Balaban J connectivity index is 1.83. The number of aliphatic imine (C=N–C) groups is 1. The third kappa shape index (κ3) is 3.12. The van der Waals surface area contributed by atoms with Crippen molar-refractivity contribution < 1.29 is 18.3 Å². The second-order valence-electron chi connectivity index (χ2n) is 5.82. The molecule has 1 unspecified atom stereocenters. The van der Waals surface area contributed by atoms with Crippen molar-refractivity contribution >= 4 is 22.9 Å². The summed E-state index contributed by atoms with van der Waals surface area (Å²) < 4.78 is 37.2. The fraction of sp³-hybridized carbons (Fsp3) is 0.222. The molecule has 140 valence electrons. The molecule has 4 rings (SSSR count). The summed E-state index contributed by atoms with van der Waals surface area (Å²) >= 11 is 0. The lowest BCUT2D eigenvalue weighted by molar-refractivity contribution is -0.0514. The highest BCUT2D eigenvalue weighted by Gasteiger charge is 2.26. The molecule has 0 bridgehead atoms. The highest BCUT2D eigenvalue weighted by Crippen LogP contribution is 2.37. The molecule has 2 heterocycles. The van der Waals surface area contributed by atoms with Gasteiger partial charge in [-0.3, -0.25) is 9.88 Å². The van der Waals surface area contributed by atoms with E-state index in [9.17, 15) is 8.78 Å². The Morgan fingerprint density at radius 2 is 2.04 bits per heavy atom. The van der Waals surface area contributed by atoms with E-state index in [2.05, 4.69) is 20.0 Å². The number of nitrogens with one attached hydrogen (secondary N) is 1. The van der Waals surface area contributed by atoms with Crippen LogP contribution in [0.5, 0.6) is 11.5 Å². The summed E-state index contributed by atoms with van der Waals surface area (Å²) in [6, 6.07) is 12.3. The minimum atomic E-state index is -2.94. The van der Waals surface area contributed by atoms with Crippen molar-refractivity contribution in [3.05, 3.63) is 48.0 Å². The lowest BCUT2D eigenvalue weighted by Gasteiger charge is -2.24. The fourth-order valence-electron chi connectivity index (χ4n) is 3.09. The number of aromatic nitrogens is 2. The summed E-state index contributed by atoms with van der Waals surface area (Å²) in [5.41, 5.74) is 8.28. The van der Waals surface area contributed by atoms with Crippen LogP contribution in [0.2, 0.25) is 0 Å². The largest absolute Gasteiger partial charge is 0.490 e. The number of hydrogen-bond acceptors (Lipinski definition) is 6. The van der Waals surface area contributed by atoms with E-state index in [1.165, 1.54) is 6.07 Å². The molecule has 0 fully saturated rings. The Bertz CT molecular complexity index is 1020. The lowest BCUT2D eigenvalue weighted by Crippen LogP contribution is -2.31. The third-order valence-corrected chi connectivity index (χ3v) is 4.12. The van der Waals surface area contributed by atoms with E-state index < -0.39 is 12.8 Å². The molecule has 1 atom stereocenters. The monoisotopic (exact) mass is 373 g/mol. The molecule has 0 spiro atoms. The first-order valence-electron chi connectivity index (χ1n) is 8.35. The van der Waals surface area contributed by atoms with Gasteiger partial charge in [0, 0.05) is 5.56 Å². The molecule has 3 N–H and O–H groups in total. The van der Waals surface area contributed by atoms with Gasteiger partial charge in [0.15, 0.2) is 23.6 Å². The standard InChI is InChI=1S/C18H17F2N5O2/c1-2-26-14-9-10(7-8-13(14)27-16(19)20)15-23-17(21)24-18-22-11-5-3-4-6-12(11)25(15)18/h3-9,15-16H,2H2,1H3,(H3,21,22,23,24). The third-order valence-electron chi connectivity index (χ3n) is 4.12. The second kappa shape index (κ2) is 6.75. The van der Waals surface area contributed by atoms with Crippen LogP contribution in [0.25, 0.3) is 11.0 Å². The van der Waals surface area contributed by atoms with Gasteiger partial charge in [-0.2, -0.15) is 8.78 Å². The predicted molar refractivity (Wildman–Crippen MR) is 97.4 cm³/mol. The Morgan fingerprint density at radius 1 is 1.22 bits per heavy atom. The van der Waals surface area contributed by atoms with Gasteiger partial charge in [0.1, 0.15) is 0 Å². The molecule has 0 aliphatic carbocycles. The quantitative estimate of drug-likeness (QED) is 0.716. The van der Waals surface area contributed by atoms with Gasteiger partial charge in [0.25, 0.3) is 0 Å². The first kappa shape index (κ1) is 17.1. The van der Waals surface area contributed by atoms with Crippen molar-refractivity contribution in [1.29, 1.82) is 0 Å². The molecule has 0 radical (unpaired) electrons. The Labute approximate surface area is 153 Å². The molecule has 0 saturated heterocycles. The minimum Gasteiger partial charge on any atom is -0.490 e. The second-order valence-corrected chi connectivity index (χ2v) is 5.82. The van der Waals surface area contributed by atoms with Crippen LogP contribution in [-0.2, 0) is 0 Å². The summed E-state index contributed by atoms with van der Waals surface area (Å²) in [7, 11) is 0. The summed E-state index contributed by atoms with van der Waals surface area (Å²) in [4.78, 5) is 9.00. The number of fused-ring (bicyclic) bond motifs is 3. The van der Waals surface area contributed by atoms with Crippen LogP contribution >= 0.6 is 0 Å². The Kier molecular flexibility index (Phi) is 4.27.